The second-order valence-electron chi connectivity index (χ2n) is 6.65. The van der Waals surface area contributed by atoms with E-state index in [0.29, 0.717) is 25.0 Å². The van der Waals surface area contributed by atoms with Crippen molar-refractivity contribution in [3.05, 3.63) is 65.5 Å². The van der Waals surface area contributed by atoms with E-state index in [1.165, 1.54) is 0 Å². The van der Waals surface area contributed by atoms with E-state index >= 15 is 0 Å². The van der Waals surface area contributed by atoms with Gasteiger partial charge in [-0.25, -0.2) is 0 Å². The quantitative estimate of drug-likeness (QED) is 0.704. The highest BCUT2D eigenvalue weighted by Gasteiger charge is 2.33. The van der Waals surface area contributed by atoms with Gasteiger partial charge in [0.2, 0.25) is 12.7 Å². The third kappa shape index (κ3) is 3.10. The number of aromatic nitrogens is 2. The number of aryl methyl sites for hydroxylation is 1. The van der Waals surface area contributed by atoms with E-state index in [-0.39, 0.29) is 19.0 Å². The lowest BCUT2D eigenvalue weighted by atomic mass is 10.0. The van der Waals surface area contributed by atoms with E-state index < -0.39 is 0 Å². The molecule has 0 aliphatic carbocycles. The van der Waals surface area contributed by atoms with Crippen molar-refractivity contribution in [2.24, 2.45) is 0 Å². The molecule has 2 aliphatic rings. The average Bonchev–Trinajstić information content (AvgIpc) is 3.36. The predicted octanol–water partition coefficient (Wildman–Crippen LogP) is 3.43. The average molecular weight is 365 g/mol. The van der Waals surface area contributed by atoms with Gasteiger partial charge < -0.3 is 23.5 Å². The minimum atomic E-state index is -0.161. The molecule has 0 bridgehead atoms. The van der Waals surface area contributed by atoms with Crippen LogP contribution in [0.4, 0.5) is 6.01 Å². The molecular formula is C20H19N3O4. The van der Waals surface area contributed by atoms with Gasteiger partial charge in [-0.1, -0.05) is 41.5 Å². The Hall–Kier alpha value is -3.06. The smallest absolute Gasteiger partial charge is 0.318 e. The lowest BCUT2D eigenvalue weighted by Gasteiger charge is -2.37. The maximum absolute atomic E-state index is 6.45. The molecule has 0 N–H and O–H groups in total. The van der Waals surface area contributed by atoms with Gasteiger partial charge in [-0.15, -0.1) is 5.10 Å². The van der Waals surface area contributed by atoms with Crippen LogP contribution in [-0.2, 0) is 4.74 Å². The van der Waals surface area contributed by atoms with Gasteiger partial charge in [0.15, 0.2) is 11.5 Å². The SMILES string of the molecule is Cc1nnc(N2C[C@@H](c3ccccc3)O[C@@H](c3ccc4c(c3)OCO4)C2)o1. The highest BCUT2D eigenvalue weighted by atomic mass is 16.7. The van der Waals surface area contributed by atoms with Gasteiger partial charge in [0.05, 0.1) is 13.1 Å². The summed E-state index contributed by atoms with van der Waals surface area (Å²) >= 11 is 0. The summed E-state index contributed by atoms with van der Waals surface area (Å²) in [5, 5.41) is 8.16. The zero-order valence-electron chi connectivity index (χ0n) is 14.9. The molecule has 0 spiro atoms. The minimum absolute atomic E-state index is 0.109. The number of ether oxygens (including phenoxy) is 3. The number of morpholine rings is 1. The first kappa shape index (κ1) is 16.1. The van der Waals surface area contributed by atoms with Crippen LogP contribution in [0.3, 0.4) is 0 Å². The molecule has 1 saturated heterocycles. The van der Waals surface area contributed by atoms with Crippen LogP contribution in [0.15, 0.2) is 52.9 Å². The van der Waals surface area contributed by atoms with Crippen LogP contribution in [0.2, 0.25) is 0 Å². The molecule has 7 heteroatoms. The monoisotopic (exact) mass is 365 g/mol. The molecule has 0 amide bonds. The topological polar surface area (TPSA) is 69.9 Å². The van der Waals surface area contributed by atoms with Crippen LogP contribution in [-0.4, -0.2) is 30.1 Å². The molecule has 5 rings (SSSR count). The summed E-state index contributed by atoms with van der Waals surface area (Å²) in [6, 6.07) is 16.6. The Morgan fingerprint density at radius 2 is 1.67 bits per heavy atom. The second kappa shape index (κ2) is 6.59. The van der Waals surface area contributed by atoms with E-state index in [0.717, 1.165) is 22.6 Å². The molecule has 0 unspecified atom stereocenters. The van der Waals surface area contributed by atoms with E-state index in [4.69, 9.17) is 18.6 Å². The van der Waals surface area contributed by atoms with Crippen LogP contribution in [0.1, 0.15) is 29.2 Å². The van der Waals surface area contributed by atoms with Crippen molar-refractivity contribution in [3.8, 4) is 11.5 Å². The van der Waals surface area contributed by atoms with Crippen molar-refractivity contribution in [1.29, 1.82) is 0 Å². The van der Waals surface area contributed by atoms with Gasteiger partial charge in [0.1, 0.15) is 12.2 Å². The number of benzene rings is 2. The number of rotatable bonds is 3. The first-order chi connectivity index (χ1) is 13.3. The van der Waals surface area contributed by atoms with Crippen LogP contribution in [0, 0.1) is 6.92 Å². The summed E-state index contributed by atoms with van der Waals surface area (Å²) < 4.78 is 23.1. The summed E-state index contributed by atoms with van der Waals surface area (Å²) in [6.07, 6.45) is -0.270. The van der Waals surface area contributed by atoms with Crippen LogP contribution < -0.4 is 14.4 Å². The van der Waals surface area contributed by atoms with Gasteiger partial charge >= 0.3 is 6.01 Å². The predicted molar refractivity (Wildman–Crippen MR) is 96.8 cm³/mol. The van der Waals surface area contributed by atoms with Crippen molar-refractivity contribution in [2.45, 2.75) is 19.1 Å². The Morgan fingerprint density at radius 3 is 2.44 bits per heavy atom. The molecule has 2 atom stereocenters. The summed E-state index contributed by atoms with van der Waals surface area (Å²) in [5.41, 5.74) is 2.14. The maximum Gasteiger partial charge on any atom is 0.318 e. The molecule has 3 aromatic rings. The van der Waals surface area contributed by atoms with Crippen molar-refractivity contribution < 1.29 is 18.6 Å². The number of nitrogens with zero attached hydrogens (tertiary/aromatic N) is 3. The summed E-state index contributed by atoms with van der Waals surface area (Å²) in [4.78, 5) is 2.08. The molecule has 2 aromatic carbocycles. The van der Waals surface area contributed by atoms with E-state index in [1.54, 1.807) is 6.92 Å². The molecule has 0 saturated carbocycles. The molecule has 1 aromatic heterocycles. The zero-order valence-corrected chi connectivity index (χ0v) is 14.9. The third-order valence-electron chi connectivity index (χ3n) is 4.83. The number of hydrogen-bond donors (Lipinski definition) is 0. The van der Waals surface area contributed by atoms with E-state index in [2.05, 4.69) is 27.2 Å². The number of hydrogen-bond acceptors (Lipinski definition) is 7. The number of anilines is 1. The van der Waals surface area contributed by atoms with Crippen LogP contribution in [0.25, 0.3) is 0 Å². The fraction of sp³-hybridized carbons (Fsp3) is 0.300. The normalized spacial score (nSPS) is 21.4. The highest BCUT2D eigenvalue weighted by Crippen LogP contribution is 2.39. The molecular weight excluding hydrogens is 346 g/mol. The molecule has 0 radical (unpaired) electrons. The van der Waals surface area contributed by atoms with Gasteiger partial charge in [-0.2, -0.15) is 0 Å². The van der Waals surface area contributed by atoms with Crippen molar-refractivity contribution in [1.82, 2.24) is 10.2 Å². The Bertz CT molecular complexity index is 943. The Kier molecular flexibility index (Phi) is 3.94. The Balaban J connectivity index is 1.48. The molecule has 1 fully saturated rings. The first-order valence-electron chi connectivity index (χ1n) is 8.91. The molecule has 7 nitrogen and oxygen atoms in total. The standard InChI is InChI=1S/C20H19N3O4/c1-13-21-22-20(26-13)23-10-18(14-5-3-2-4-6-14)27-19(11-23)15-7-8-16-17(9-15)25-12-24-16/h2-9,18-19H,10-12H2,1H3/t18-,19+/m0/s1. The Labute approximate surface area is 156 Å². The fourth-order valence-electron chi connectivity index (χ4n) is 3.48. The number of fused-ring (bicyclic) bond motifs is 1. The largest absolute Gasteiger partial charge is 0.454 e. The van der Waals surface area contributed by atoms with Gasteiger partial charge in [-0.05, 0) is 23.3 Å². The molecule has 138 valence electrons. The van der Waals surface area contributed by atoms with Gasteiger partial charge in [-0.3, -0.25) is 0 Å². The second-order valence-corrected chi connectivity index (χ2v) is 6.65. The molecule has 3 heterocycles. The lowest BCUT2D eigenvalue weighted by Crippen LogP contribution is -2.40. The maximum atomic E-state index is 6.45. The summed E-state index contributed by atoms with van der Waals surface area (Å²) in [6.45, 7) is 3.31. The zero-order chi connectivity index (χ0) is 18.2. The summed E-state index contributed by atoms with van der Waals surface area (Å²) in [5.74, 6) is 2.06. The van der Waals surface area contributed by atoms with E-state index in [9.17, 15) is 0 Å². The summed E-state index contributed by atoms with van der Waals surface area (Å²) in [7, 11) is 0. The van der Waals surface area contributed by atoms with E-state index in [1.807, 2.05) is 36.4 Å². The Morgan fingerprint density at radius 1 is 0.889 bits per heavy atom. The van der Waals surface area contributed by atoms with Crippen LogP contribution in [0.5, 0.6) is 11.5 Å². The van der Waals surface area contributed by atoms with Crippen molar-refractivity contribution >= 4 is 6.01 Å². The van der Waals surface area contributed by atoms with Crippen LogP contribution >= 0.6 is 0 Å². The van der Waals surface area contributed by atoms with Gasteiger partial charge in [0.25, 0.3) is 0 Å². The third-order valence-corrected chi connectivity index (χ3v) is 4.83. The first-order valence-corrected chi connectivity index (χ1v) is 8.91. The molecule has 27 heavy (non-hydrogen) atoms. The lowest BCUT2D eigenvalue weighted by molar-refractivity contribution is -0.0308. The fourth-order valence-corrected chi connectivity index (χ4v) is 3.48. The molecule has 2 aliphatic heterocycles. The highest BCUT2D eigenvalue weighted by molar-refractivity contribution is 5.46. The minimum Gasteiger partial charge on any atom is -0.454 e. The van der Waals surface area contributed by atoms with Crippen molar-refractivity contribution in [2.75, 3.05) is 24.8 Å². The van der Waals surface area contributed by atoms with Gasteiger partial charge in [0, 0.05) is 6.92 Å². The van der Waals surface area contributed by atoms with Crippen molar-refractivity contribution in [3.63, 3.8) is 0 Å².